The Balaban J connectivity index is 1.75. The average Bonchev–Trinajstić information content (AvgIpc) is 3.26. The van der Waals surface area contributed by atoms with Gasteiger partial charge in [-0.05, 0) is 57.2 Å². The molecule has 0 aromatic heterocycles. The highest BCUT2D eigenvalue weighted by Crippen LogP contribution is 2.29. The standard InChI is InChI=1S/C19H26O4/c1-19(2,3)23-18(21)10-9-16(20)11-15-5-4-6-17(12-15)22-13-14-7-8-14/h4-6,12,14H,7-11,13H2,1-3H3. The zero-order valence-electron chi connectivity index (χ0n) is 14.3. The van der Waals surface area contributed by atoms with E-state index in [4.69, 9.17) is 9.47 Å². The molecule has 0 aliphatic heterocycles. The first-order valence-electron chi connectivity index (χ1n) is 8.27. The van der Waals surface area contributed by atoms with Gasteiger partial charge in [0.2, 0.25) is 0 Å². The molecule has 0 heterocycles. The maximum absolute atomic E-state index is 12.0. The number of carbonyl (C=O) groups is 2. The molecule has 1 fully saturated rings. The quantitative estimate of drug-likeness (QED) is 0.686. The molecule has 1 aliphatic rings. The van der Waals surface area contributed by atoms with Crippen molar-refractivity contribution >= 4 is 11.8 Å². The van der Waals surface area contributed by atoms with Gasteiger partial charge in [0.25, 0.3) is 0 Å². The molecule has 23 heavy (non-hydrogen) atoms. The fraction of sp³-hybridized carbons (Fsp3) is 0.579. The second kappa shape index (κ2) is 7.62. The van der Waals surface area contributed by atoms with Crippen molar-refractivity contribution in [2.24, 2.45) is 5.92 Å². The average molecular weight is 318 g/mol. The molecular weight excluding hydrogens is 292 g/mol. The van der Waals surface area contributed by atoms with Gasteiger partial charge in [0, 0.05) is 12.8 Å². The molecule has 1 saturated carbocycles. The fourth-order valence-electron chi connectivity index (χ4n) is 2.19. The van der Waals surface area contributed by atoms with Gasteiger partial charge in [0.15, 0.2) is 0 Å². The Hall–Kier alpha value is -1.84. The van der Waals surface area contributed by atoms with E-state index in [0.29, 0.717) is 12.3 Å². The zero-order chi connectivity index (χ0) is 16.9. The normalized spacial score (nSPS) is 14.4. The highest BCUT2D eigenvalue weighted by molar-refractivity contribution is 5.84. The molecule has 1 aliphatic carbocycles. The molecule has 126 valence electrons. The van der Waals surface area contributed by atoms with Crippen LogP contribution in [0.5, 0.6) is 5.75 Å². The van der Waals surface area contributed by atoms with Crippen LogP contribution in [0.2, 0.25) is 0 Å². The second-order valence-corrected chi connectivity index (χ2v) is 7.20. The molecule has 0 unspecified atom stereocenters. The molecule has 0 saturated heterocycles. The molecule has 1 aromatic carbocycles. The lowest BCUT2D eigenvalue weighted by Gasteiger charge is -2.19. The lowest BCUT2D eigenvalue weighted by Crippen LogP contribution is -2.24. The van der Waals surface area contributed by atoms with E-state index >= 15 is 0 Å². The van der Waals surface area contributed by atoms with Crippen LogP contribution in [0.15, 0.2) is 24.3 Å². The minimum absolute atomic E-state index is 0.0372. The smallest absolute Gasteiger partial charge is 0.306 e. The number of ether oxygens (including phenoxy) is 2. The summed E-state index contributed by atoms with van der Waals surface area (Å²) in [6.07, 6.45) is 3.17. The predicted octanol–water partition coefficient (Wildman–Crippen LogP) is 3.71. The molecule has 4 nitrogen and oxygen atoms in total. The van der Waals surface area contributed by atoms with Gasteiger partial charge in [-0.1, -0.05) is 12.1 Å². The van der Waals surface area contributed by atoms with Gasteiger partial charge in [-0.3, -0.25) is 9.59 Å². The Morgan fingerprint density at radius 2 is 1.91 bits per heavy atom. The summed E-state index contributed by atoms with van der Waals surface area (Å²) in [5.74, 6) is 1.23. The van der Waals surface area contributed by atoms with Crippen molar-refractivity contribution in [3.05, 3.63) is 29.8 Å². The molecule has 0 atom stereocenters. The van der Waals surface area contributed by atoms with Crippen LogP contribution in [0.4, 0.5) is 0 Å². The molecule has 0 spiro atoms. The van der Waals surface area contributed by atoms with Crippen molar-refractivity contribution in [1.82, 2.24) is 0 Å². The van der Waals surface area contributed by atoms with Crippen LogP contribution in [0.25, 0.3) is 0 Å². The number of hydrogen-bond acceptors (Lipinski definition) is 4. The Labute approximate surface area is 138 Å². The van der Waals surface area contributed by atoms with Crippen LogP contribution < -0.4 is 4.74 Å². The van der Waals surface area contributed by atoms with Crippen molar-refractivity contribution in [1.29, 1.82) is 0 Å². The first-order chi connectivity index (χ1) is 10.8. The van der Waals surface area contributed by atoms with E-state index in [1.165, 1.54) is 12.8 Å². The van der Waals surface area contributed by atoms with E-state index in [-0.39, 0.29) is 24.6 Å². The fourth-order valence-corrected chi connectivity index (χ4v) is 2.19. The third kappa shape index (κ3) is 7.31. The molecule has 0 radical (unpaired) electrons. The summed E-state index contributed by atoms with van der Waals surface area (Å²) in [6, 6.07) is 7.64. The Morgan fingerprint density at radius 3 is 2.57 bits per heavy atom. The summed E-state index contributed by atoms with van der Waals surface area (Å²) in [6.45, 7) is 6.22. The minimum Gasteiger partial charge on any atom is -0.493 e. The van der Waals surface area contributed by atoms with Crippen molar-refractivity contribution < 1.29 is 19.1 Å². The molecule has 4 heteroatoms. The van der Waals surface area contributed by atoms with Gasteiger partial charge in [-0.15, -0.1) is 0 Å². The third-order valence-corrected chi connectivity index (χ3v) is 3.51. The van der Waals surface area contributed by atoms with Gasteiger partial charge in [0.1, 0.15) is 17.1 Å². The van der Waals surface area contributed by atoms with Gasteiger partial charge in [0.05, 0.1) is 13.0 Å². The first kappa shape index (κ1) is 17.5. The Morgan fingerprint density at radius 1 is 1.17 bits per heavy atom. The number of rotatable bonds is 8. The van der Waals surface area contributed by atoms with Crippen LogP contribution in [0.3, 0.4) is 0 Å². The summed E-state index contributed by atoms with van der Waals surface area (Å²) in [5.41, 5.74) is 0.417. The van der Waals surface area contributed by atoms with E-state index in [2.05, 4.69) is 0 Å². The summed E-state index contributed by atoms with van der Waals surface area (Å²) < 4.78 is 10.9. The summed E-state index contributed by atoms with van der Waals surface area (Å²) >= 11 is 0. The van der Waals surface area contributed by atoms with E-state index in [0.717, 1.165) is 17.9 Å². The third-order valence-electron chi connectivity index (χ3n) is 3.51. The Bertz CT molecular complexity index is 553. The summed E-state index contributed by atoms with van der Waals surface area (Å²) in [4.78, 5) is 23.7. The molecule has 2 rings (SSSR count). The van der Waals surface area contributed by atoms with Crippen LogP contribution in [-0.4, -0.2) is 24.0 Å². The van der Waals surface area contributed by atoms with E-state index in [1.807, 2.05) is 45.0 Å². The number of hydrogen-bond donors (Lipinski definition) is 0. The highest BCUT2D eigenvalue weighted by atomic mass is 16.6. The molecule has 0 bridgehead atoms. The predicted molar refractivity (Wildman–Crippen MR) is 88.5 cm³/mol. The lowest BCUT2D eigenvalue weighted by atomic mass is 10.1. The summed E-state index contributed by atoms with van der Waals surface area (Å²) in [7, 11) is 0. The molecule has 1 aromatic rings. The van der Waals surface area contributed by atoms with Crippen LogP contribution >= 0.6 is 0 Å². The maximum Gasteiger partial charge on any atom is 0.306 e. The largest absolute Gasteiger partial charge is 0.493 e. The van der Waals surface area contributed by atoms with Gasteiger partial charge < -0.3 is 9.47 Å². The molecule has 0 N–H and O–H groups in total. The van der Waals surface area contributed by atoms with Gasteiger partial charge >= 0.3 is 5.97 Å². The van der Waals surface area contributed by atoms with Crippen LogP contribution in [-0.2, 0) is 20.7 Å². The number of esters is 1. The van der Waals surface area contributed by atoms with E-state index < -0.39 is 5.60 Å². The Kier molecular flexibility index (Phi) is 5.80. The number of Topliss-reactive ketones (excluding diaryl/α,β-unsaturated/α-hetero) is 1. The van der Waals surface area contributed by atoms with Crippen LogP contribution in [0.1, 0.15) is 52.0 Å². The monoisotopic (exact) mass is 318 g/mol. The van der Waals surface area contributed by atoms with Crippen LogP contribution in [0, 0.1) is 5.92 Å². The number of carbonyl (C=O) groups excluding carboxylic acids is 2. The lowest BCUT2D eigenvalue weighted by molar-refractivity contribution is -0.155. The maximum atomic E-state index is 12.0. The molecular formula is C19H26O4. The van der Waals surface area contributed by atoms with E-state index in [1.54, 1.807) is 0 Å². The SMILES string of the molecule is CC(C)(C)OC(=O)CCC(=O)Cc1cccc(OCC2CC2)c1. The van der Waals surface area contributed by atoms with Crippen molar-refractivity contribution in [2.75, 3.05) is 6.61 Å². The molecule has 0 amide bonds. The first-order valence-corrected chi connectivity index (χ1v) is 8.27. The minimum atomic E-state index is -0.507. The summed E-state index contributed by atoms with van der Waals surface area (Å²) in [5, 5.41) is 0. The van der Waals surface area contributed by atoms with Gasteiger partial charge in [-0.25, -0.2) is 0 Å². The number of benzene rings is 1. The van der Waals surface area contributed by atoms with E-state index in [9.17, 15) is 9.59 Å². The van der Waals surface area contributed by atoms with Gasteiger partial charge in [-0.2, -0.15) is 0 Å². The topological polar surface area (TPSA) is 52.6 Å². The van der Waals surface area contributed by atoms with Crippen molar-refractivity contribution in [2.45, 2.75) is 58.5 Å². The highest BCUT2D eigenvalue weighted by Gasteiger charge is 2.22. The second-order valence-electron chi connectivity index (χ2n) is 7.20. The van der Waals surface area contributed by atoms with Crippen molar-refractivity contribution in [3.63, 3.8) is 0 Å². The zero-order valence-corrected chi connectivity index (χ0v) is 14.3. The van der Waals surface area contributed by atoms with Crippen molar-refractivity contribution in [3.8, 4) is 5.75 Å². The number of ketones is 1.